The topological polar surface area (TPSA) is 71.7 Å². The number of carbonyl (C=O) groups excluding carboxylic acids is 1. The molecule has 0 bridgehead atoms. The molecule has 6 nitrogen and oxygen atoms in total. The summed E-state index contributed by atoms with van der Waals surface area (Å²) in [7, 11) is 1.61. The van der Waals surface area contributed by atoms with Crippen molar-refractivity contribution in [3.63, 3.8) is 0 Å². The highest BCUT2D eigenvalue weighted by atomic mass is 19.1. The molecule has 1 atom stereocenters. The number of methoxy groups -OCH3 is 1. The Balaban J connectivity index is 1.48. The second kappa shape index (κ2) is 9.22. The van der Waals surface area contributed by atoms with Gasteiger partial charge in [-0.3, -0.25) is 4.79 Å². The molecule has 2 aliphatic rings. The molecule has 1 saturated heterocycles. The van der Waals surface area contributed by atoms with Crippen LogP contribution in [0.4, 0.5) is 15.9 Å². The summed E-state index contributed by atoms with van der Waals surface area (Å²) in [5.74, 6) is 1.07. The molecular weight excluding hydrogens is 431 g/mol. The van der Waals surface area contributed by atoms with Gasteiger partial charge in [0.15, 0.2) is 5.82 Å². The van der Waals surface area contributed by atoms with Gasteiger partial charge in [0.1, 0.15) is 5.82 Å². The number of nitrogens with zero attached hydrogens (tertiary/aromatic N) is 3. The van der Waals surface area contributed by atoms with E-state index in [4.69, 9.17) is 15.5 Å². The molecule has 1 amide bonds. The summed E-state index contributed by atoms with van der Waals surface area (Å²) in [4.78, 5) is 21.7. The van der Waals surface area contributed by atoms with Crippen LogP contribution < -0.4 is 10.6 Å². The van der Waals surface area contributed by atoms with Crippen molar-refractivity contribution in [2.45, 2.75) is 38.1 Å². The lowest BCUT2D eigenvalue weighted by Gasteiger charge is -2.41. The molecule has 3 aromatic rings. The fraction of sp³-hybridized carbons (Fsp3) is 0.407. The third-order valence-electron chi connectivity index (χ3n) is 6.95. The van der Waals surface area contributed by atoms with Crippen molar-refractivity contribution >= 4 is 28.2 Å². The standard InChI is InChI=1S/C27H31FN4O2/c1-17-16-31(12-13-32(17)25(33)11-14-34-2)27-24(29)15-22(26(30-27)18-7-8-18)20-9-10-23(28)21-6-4-3-5-19(20)21/h3-6,9-10,15,17-18H,7-8,11-14,16,29H2,1-2H3/t17-/m1/s1. The van der Waals surface area contributed by atoms with Crippen LogP contribution in [0, 0.1) is 5.82 Å². The van der Waals surface area contributed by atoms with E-state index in [1.165, 1.54) is 6.07 Å². The normalized spacial score (nSPS) is 18.5. The smallest absolute Gasteiger partial charge is 0.225 e. The van der Waals surface area contributed by atoms with E-state index in [-0.39, 0.29) is 17.8 Å². The molecule has 1 aliphatic carbocycles. The number of hydrogen-bond acceptors (Lipinski definition) is 5. The Hall–Kier alpha value is -3.19. The van der Waals surface area contributed by atoms with Crippen LogP contribution in [0.2, 0.25) is 0 Å². The van der Waals surface area contributed by atoms with E-state index in [2.05, 4.69) is 11.8 Å². The van der Waals surface area contributed by atoms with Crippen LogP contribution in [0.5, 0.6) is 0 Å². The minimum absolute atomic E-state index is 0.0596. The Labute approximate surface area is 199 Å². The zero-order valence-corrected chi connectivity index (χ0v) is 19.8. The number of rotatable bonds is 6. The Morgan fingerprint density at radius 2 is 1.91 bits per heavy atom. The molecule has 1 aromatic heterocycles. The number of halogens is 1. The maximum absolute atomic E-state index is 14.5. The fourth-order valence-electron chi connectivity index (χ4n) is 5.02. The van der Waals surface area contributed by atoms with Crippen LogP contribution in [0.3, 0.4) is 0 Å². The SMILES string of the molecule is COCCC(=O)N1CCN(c2nc(C3CC3)c(-c3ccc(F)c4ccccc34)cc2N)C[C@H]1C. The molecule has 2 heterocycles. The van der Waals surface area contributed by atoms with Crippen LogP contribution in [0.1, 0.15) is 37.8 Å². The molecule has 178 valence electrons. The van der Waals surface area contributed by atoms with Gasteiger partial charge in [0.05, 0.1) is 24.4 Å². The van der Waals surface area contributed by atoms with Gasteiger partial charge in [-0.25, -0.2) is 9.37 Å². The number of hydrogen-bond donors (Lipinski definition) is 1. The summed E-state index contributed by atoms with van der Waals surface area (Å²) in [6.45, 7) is 4.49. The van der Waals surface area contributed by atoms with Crippen LogP contribution in [-0.2, 0) is 9.53 Å². The van der Waals surface area contributed by atoms with Crippen molar-refractivity contribution in [3.05, 3.63) is 54.0 Å². The number of nitrogen functional groups attached to an aromatic ring is 1. The van der Waals surface area contributed by atoms with Crippen LogP contribution >= 0.6 is 0 Å². The minimum atomic E-state index is -0.225. The molecule has 0 spiro atoms. The maximum atomic E-state index is 14.5. The van der Waals surface area contributed by atoms with Crippen LogP contribution in [-0.4, -0.2) is 55.2 Å². The lowest BCUT2D eigenvalue weighted by atomic mass is 9.95. The number of aromatic nitrogens is 1. The molecule has 2 N–H and O–H groups in total. The molecule has 7 heteroatoms. The Kier molecular flexibility index (Phi) is 6.13. The lowest BCUT2D eigenvalue weighted by molar-refractivity contribution is -0.134. The number of fused-ring (bicyclic) bond motifs is 1. The van der Waals surface area contributed by atoms with Gasteiger partial charge in [0.2, 0.25) is 5.91 Å². The number of carbonyl (C=O) groups is 1. The van der Waals surface area contributed by atoms with E-state index < -0.39 is 0 Å². The van der Waals surface area contributed by atoms with E-state index in [0.29, 0.717) is 49.7 Å². The first-order valence-corrected chi connectivity index (χ1v) is 12.0. The average molecular weight is 463 g/mol. The highest BCUT2D eigenvalue weighted by molar-refractivity contribution is 5.98. The van der Waals surface area contributed by atoms with E-state index >= 15 is 0 Å². The molecule has 5 rings (SSSR count). The van der Waals surface area contributed by atoms with Gasteiger partial charge in [-0.15, -0.1) is 0 Å². The van der Waals surface area contributed by atoms with Crippen molar-refractivity contribution in [2.75, 3.05) is 44.0 Å². The Bertz CT molecular complexity index is 1230. The number of benzene rings is 2. The van der Waals surface area contributed by atoms with E-state index in [9.17, 15) is 9.18 Å². The van der Waals surface area contributed by atoms with Gasteiger partial charge in [0, 0.05) is 49.7 Å². The van der Waals surface area contributed by atoms with Crippen molar-refractivity contribution in [1.82, 2.24) is 9.88 Å². The summed E-state index contributed by atoms with van der Waals surface area (Å²) in [6.07, 6.45) is 2.59. The predicted molar refractivity (Wildman–Crippen MR) is 133 cm³/mol. The summed E-state index contributed by atoms with van der Waals surface area (Å²) in [5, 5.41) is 1.47. The van der Waals surface area contributed by atoms with Crippen molar-refractivity contribution in [1.29, 1.82) is 0 Å². The number of pyridine rings is 1. The first-order valence-electron chi connectivity index (χ1n) is 12.0. The molecule has 34 heavy (non-hydrogen) atoms. The number of ether oxygens (including phenoxy) is 1. The monoisotopic (exact) mass is 462 g/mol. The highest BCUT2D eigenvalue weighted by Crippen LogP contribution is 2.46. The summed E-state index contributed by atoms with van der Waals surface area (Å²) >= 11 is 0. The van der Waals surface area contributed by atoms with E-state index in [1.807, 2.05) is 41.3 Å². The summed E-state index contributed by atoms with van der Waals surface area (Å²) in [5.41, 5.74) is 10.2. The molecular formula is C27H31FN4O2. The molecule has 0 radical (unpaired) electrons. The highest BCUT2D eigenvalue weighted by Gasteiger charge is 2.33. The summed E-state index contributed by atoms with van der Waals surface area (Å²) in [6, 6.07) is 13.0. The van der Waals surface area contributed by atoms with Crippen LogP contribution in [0.25, 0.3) is 21.9 Å². The molecule has 0 unspecified atom stereocenters. The van der Waals surface area contributed by atoms with Crippen molar-refractivity contribution in [2.24, 2.45) is 0 Å². The van der Waals surface area contributed by atoms with Gasteiger partial charge < -0.3 is 20.3 Å². The molecule has 2 aromatic carbocycles. The van der Waals surface area contributed by atoms with Crippen molar-refractivity contribution < 1.29 is 13.9 Å². The second-order valence-corrected chi connectivity index (χ2v) is 9.37. The number of anilines is 2. The third-order valence-corrected chi connectivity index (χ3v) is 6.95. The number of amides is 1. The zero-order valence-electron chi connectivity index (χ0n) is 19.8. The molecule has 1 saturated carbocycles. The van der Waals surface area contributed by atoms with Gasteiger partial charge in [-0.2, -0.15) is 0 Å². The van der Waals surface area contributed by atoms with E-state index in [1.54, 1.807) is 7.11 Å². The predicted octanol–water partition coefficient (Wildman–Crippen LogP) is 4.57. The molecule has 1 aliphatic heterocycles. The molecule has 2 fully saturated rings. The van der Waals surface area contributed by atoms with Crippen LogP contribution in [0.15, 0.2) is 42.5 Å². The first kappa shape index (κ1) is 22.6. The quantitative estimate of drug-likeness (QED) is 0.581. The van der Waals surface area contributed by atoms with Gasteiger partial charge >= 0.3 is 0 Å². The van der Waals surface area contributed by atoms with E-state index in [0.717, 1.165) is 40.9 Å². The Morgan fingerprint density at radius 1 is 1.15 bits per heavy atom. The maximum Gasteiger partial charge on any atom is 0.225 e. The first-order chi connectivity index (χ1) is 16.5. The Morgan fingerprint density at radius 3 is 2.62 bits per heavy atom. The van der Waals surface area contributed by atoms with Gasteiger partial charge in [-0.1, -0.05) is 30.3 Å². The minimum Gasteiger partial charge on any atom is -0.396 e. The third kappa shape index (κ3) is 4.20. The lowest BCUT2D eigenvalue weighted by Crippen LogP contribution is -2.54. The largest absolute Gasteiger partial charge is 0.396 e. The second-order valence-electron chi connectivity index (χ2n) is 9.37. The number of nitrogens with two attached hydrogens (primary N) is 1. The average Bonchev–Trinajstić information content (AvgIpc) is 3.68. The summed E-state index contributed by atoms with van der Waals surface area (Å²) < 4.78 is 19.5. The van der Waals surface area contributed by atoms with Gasteiger partial charge in [0.25, 0.3) is 0 Å². The zero-order chi connectivity index (χ0) is 23.8. The van der Waals surface area contributed by atoms with Crippen molar-refractivity contribution in [3.8, 4) is 11.1 Å². The fourth-order valence-corrected chi connectivity index (χ4v) is 5.02. The number of piperazine rings is 1. The van der Waals surface area contributed by atoms with Gasteiger partial charge in [-0.05, 0) is 42.8 Å².